The zero-order chi connectivity index (χ0) is 15.7. The minimum Gasteiger partial charge on any atom is -0.494 e. The van der Waals surface area contributed by atoms with Gasteiger partial charge in [-0.2, -0.15) is 0 Å². The van der Waals surface area contributed by atoms with Crippen molar-refractivity contribution in [2.24, 2.45) is 0 Å². The maximum atomic E-state index is 12.0. The monoisotopic (exact) mass is 311 g/mol. The third-order valence-electron chi connectivity index (χ3n) is 2.78. The van der Waals surface area contributed by atoms with Gasteiger partial charge in [0.05, 0.1) is 19.5 Å². The van der Waals surface area contributed by atoms with Gasteiger partial charge in [-0.3, -0.25) is 9.59 Å². The number of thioether (sulfide) groups is 1. The first-order valence-corrected chi connectivity index (χ1v) is 7.79. The van der Waals surface area contributed by atoms with Crippen molar-refractivity contribution in [3.05, 3.63) is 24.3 Å². The van der Waals surface area contributed by atoms with E-state index in [1.54, 1.807) is 0 Å². The van der Waals surface area contributed by atoms with Gasteiger partial charge >= 0.3 is 5.97 Å². The molecule has 0 atom stereocenters. The molecular weight excluding hydrogens is 290 g/mol. The van der Waals surface area contributed by atoms with Crippen LogP contribution in [0.25, 0.3) is 0 Å². The molecule has 6 heteroatoms. The molecule has 0 N–H and O–H groups in total. The average molecular weight is 311 g/mol. The number of benzene rings is 1. The third kappa shape index (κ3) is 6.08. The van der Waals surface area contributed by atoms with E-state index in [0.29, 0.717) is 18.9 Å². The van der Waals surface area contributed by atoms with E-state index in [1.165, 1.54) is 23.8 Å². The molecule has 0 aromatic heterocycles. The van der Waals surface area contributed by atoms with Gasteiger partial charge in [-0.25, -0.2) is 0 Å². The van der Waals surface area contributed by atoms with E-state index in [0.717, 1.165) is 10.6 Å². The highest BCUT2D eigenvalue weighted by Gasteiger charge is 2.15. The first-order chi connectivity index (χ1) is 10.1. The number of amides is 1. The molecule has 0 spiro atoms. The van der Waals surface area contributed by atoms with Crippen LogP contribution in [0.3, 0.4) is 0 Å². The number of likely N-dealkylation sites (N-methyl/N-ethyl adjacent to an activating group) is 1. The smallest absolute Gasteiger partial charge is 0.325 e. The van der Waals surface area contributed by atoms with E-state index < -0.39 is 5.97 Å². The highest BCUT2D eigenvalue weighted by Crippen LogP contribution is 2.21. The van der Waals surface area contributed by atoms with E-state index in [1.807, 2.05) is 38.1 Å². The van der Waals surface area contributed by atoms with Crippen molar-refractivity contribution in [2.45, 2.75) is 18.7 Å². The minimum atomic E-state index is -0.406. The Bertz CT molecular complexity index is 461. The summed E-state index contributed by atoms with van der Waals surface area (Å²) in [4.78, 5) is 25.7. The zero-order valence-corrected chi connectivity index (χ0v) is 13.4. The first-order valence-electron chi connectivity index (χ1n) is 6.80. The zero-order valence-electron chi connectivity index (χ0n) is 12.6. The summed E-state index contributed by atoms with van der Waals surface area (Å²) in [7, 11) is 1.31. The lowest BCUT2D eigenvalue weighted by Crippen LogP contribution is -2.37. The number of hydrogen-bond donors (Lipinski definition) is 0. The molecule has 0 unspecified atom stereocenters. The summed E-state index contributed by atoms with van der Waals surface area (Å²) in [5.41, 5.74) is 0. The van der Waals surface area contributed by atoms with Crippen LogP contribution in [-0.2, 0) is 14.3 Å². The van der Waals surface area contributed by atoms with E-state index in [2.05, 4.69) is 4.74 Å². The standard InChI is InChI=1S/C15H21NO4S/c1-4-16(10-15(18)19-3)14(17)11-21-13-8-6-12(7-9-13)20-5-2/h6-9H,4-5,10-11H2,1-3H3. The van der Waals surface area contributed by atoms with Crippen LogP contribution < -0.4 is 4.74 Å². The Hall–Kier alpha value is -1.69. The summed E-state index contributed by atoms with van der Waals surface area (Å²) in [6.45, 7) is 4.88. The number of carbonyl (C=O) groups is 2. The second kappa shape index (κ2) is 9.28. The fourth-order valence-electron chi connectivity index (χ4n) is 1.63. The minimum absolute atomic E-state index is 0.00429. The van der Waals surface area contributed by atoms with E-state index in [4.69, 9.17) is 4.74 Å². The van der Waals surface area contributed by atoms with Crippen molar-refractivity contribution in [3.63, 3.8) is 0 Å². The second-order valence-corrected chi connectivity index (χ2v) is 5.23. The van der Waals surface area contributed by atoms with Gasteiger partial charge in [0.2, 0.25) is 5.91 Å². The molecule has 1 rings (SSSR count). The van der Waals surface area contributed by atoms with Crippen LogP contribution in [0.15, 0.2) is 29.2 Å². The molecule has 0 fully saturated rings. The van der Waals surface area contributed by atoms with Crippen LogP contribution in [0, 0.1) is 0 Å². The van der Waals surface area contributed by atoms with Crippen molar-refractivity contribution < 1.29 is 19.1 Å². The summed E-state index contributed by atoms with van der Waals surface area (Å²) < 4.78 is 9.94. The fourth-order valence-corrected chi connectivity index (χ4v) is 2.43. The molecular formula is C15H21NO4S. The number of methoxy groups -OCH3 is 1. The molecule has 5 nitrogen and oxygen atoms in total. The predicted molar refractivity (Wildman–Crippen MR) is 82.6 cm³/mol. The Morgan fingerprint density at radius 1 is 1.19 bits per heavy atom. The van der Waals surface area contributed by atoms with Crippen molar-refractivity contribution >= 4 is 23.6 Å². The molecule has 21 heavy (non-hydrogen) atoms. The van der Waals surface area contributed by atoms with Crippen molar-refractivity contribution in [2.75, 3.05) is 32.6 Å². The quantitative estimate of drug-likeness (QED) is 0.544. The molecule has 1 aromatic rings. The molecule has 1 amide bonds. The summed E-state index contributed by atoms with van der Waals surface area (Å²) in [5, 5.41) is 0. The largest absolute Gasteiger partial charge is 0.494 e. The molecule has 116 valence electrons. The summed E-state index contributed by atoms with van der Waals surface area (Å²) in [5.74, 6) is 0.617. The SMILES string of the molecule is CCOc1ccc(SCC(=O)N(CC)CC(=O)OC)cc1. The van der Waals surface area contributed by atoms with Crippen LogP contribution in [0.4, 0.5) is 0 Å². The number of hydrogen-bond acceptors (Lipinski definition) is 5. The van der Waals surface area contributed by atoms with Crippen LogP contribution in [0.1, 0.15) is 13.8 Å². The maximum Gasteiger partial charge on any atom is 0.325 e. The van der Waals surface area contributed by atoms with Gasteiger partial charge in [0, 0.05) is 11.4 Å². The lowest BCUT2D eigenvalue weighted by atomic mass is 10.3. The highest BCUT2D eigenvalue weighted by atomic mass is 32.2. The van der Waals surface area contributed by atoms with Crippen molar-refractivity contribution in [3.8, 4) is 5.75 Å². The molecule has 0 aliphatic carbocycles. The molecule has 0 heterocycles. The summed E-state index contributed by atoms with van der Waals surface area (Å²) in [6, 6.07) is 7.59. The van der Waals surface area contributed by atoms with Crippen LogP contribution >= 0.6 is 11.8 Å². The first kappa shape index (κ1) is 17.4. The highest BCUT2D eigenvalue weighted by molar-refractivity contribution is 8.00. The summed E-state index contributed by atoms with van der Waals surface area (Å²) >= 11 is 1.43. The van der Waals surface area contributed by atoms with Gasteiger partial charge in [-0.1, -0.05) is 0 Å². The van der Waals surface area contributed by atoms with Crippen LogP contribution in [0.2, 0.25) is 0 Å². The number of carbonyl (C=O) groups excluding carboxylic acids is 2. The van der Waals surface area contributed by atoms with Crippen molar-refractivity contribution in [1.29, 1.82) is 0 Å². The maximum absolute atomic E-state index is 12.0. The molecule has 0 radical (unpaired) electrons. The second-order valence-electron chi connectivity index (χ2n) is 4.18. The number of esters is 1. The Morgan fingerprint density at radius 2 is 1.86 bits per heavy atom. The van der Waals surface area contributed by atoms with Gasteiger partial charge in [0.1, 0.15) is 12.3 Å². The molecule has 0 aliphatic rings. The molecule has 0 saturated carbocycles. The van der Waals surface area contributed by atoms with Gasteiger partial charge in [-0.05, 0) is 38.1 Å². The Morgan fingerprint density at radius 3 is 2.38 bits per heavy atom. The normalized spacial score (nSPS) is 10.0. The number of ether oxygens (including phenoxy) is 2. The topological polar surface area (TPSA) is 55.8 Å². The molecule has 0 aliphatic heterocycles. The van der Waals surface area contributed by atoms with E-state index >= 15 is 0 Å². The Kier molecular flexibility index (Phi) is 7.68. The third-order valence-corrected chi connectivity index (χ3v) is 3.78. The lowest BCUT2D eigenvalue weighted by Gasteiger charge is -2.19. The van der Waals surface area contributed by atoms with Crippen LogP contribution in [0.5, 0.6) is 5.75 Å². The van der Waals surface area contributed by atoms with Crippen molar-refractivity contribution in [1.82, 2.24) is 4.90 Å². The number of rotatable bonds is 8. The van der Waals surface area contributed by atoms with Gasteiger partial charge in [-0.15, -0.1) is 11.8 Å². The Balaban J connectivity index is 2.48. The number of nitrogens with zero attached hydrogens (tertiary/aromatic N) is 1. The Labute approximate surface area is 129 Å². The van der Waals surface area contributed by atoms with E-state index in [-0.39, 0.29) is 12.5 Å². The molecule has 0 saturated heterocycles. The van der Waals surface area contributed by atoms with E-state index in [9.17, 15) is 9.59 Å². The average Bonchev–Trinajstić information content (AvgIpc) is 2.51. The molecule has 0 bridgehead atoms. The molecule has 1 aromatic carbocycles. The van der Waals surface area contributed by atoms with Gasteiger partial charge in [0.15, 0.2) is 0 Å². The summed E-state index contributed by atoms with van der Waals surface area (Å²) in [6.07, 6.45) is 0. The van der Waals surface area contributed by atoms with Gasteiger partial charge in [0.25, 0.3) is 0 Å². The lowest BCUT2D eigenvalue weighted by molar-refractivity contribution is -0.146. The van der Waals surface area contributed by atoms with Gasteiger partial charge < -0.3 is 14.4 Å². The van der Waals surface area contributed by atoms with Crippen LogP contribution in [-0.4, -0.2) is 49.3 Å². The fraction of sp³-hybridized carbons (Fsp3) is 0.467. The predicted octanol–water partition coefficient (Wildman–Crippen LogP) is 2.20.